The Labute approximate surface area is 222 Å². The number of carbonyl (C=O) groups excluding carboxylic acids is 3. The van der Waals surface area contributed by atoms with Crippen molar-refractivity contribution in [1.82, 2.24) is 15.5 Å². The number of carbonyl (C=O) groups is 3. The SMILES string of the molecule is CCCCCCCN(C(=O)C(CS)NC(=O)OC(C)(C)C)C(C(=O)NC(C)(C)C)c1cccc(O)c1. The molecule has 1 rings (SSSR count). The van der Waals surface area contributed by atoms with E-state index in [9.17, 15) is 19.5 Å². The number of nitrogens with zero attached hydrogens (tertiary/aromatic N) is 1. The van der Waals surface area contributed by atoms with Crippen LogP contribution in [0.15, 0.2) is 24.3 Å². The van der Waals surface area contributed by atoms with Crippen molar-refractivity contribution in [2.75, 3.05) is 12.3 Å². The van der Waals surface area contributed by atoms with Crippen LogP contribution in [-0.4, -0.2) is 57.4 Å². The Morgan fingerprint density at radius 2 is 1.69 bits per heavy atom. The number of amides is 3. The van der Waals surface area contributed by atoms with E-state index in [1.165, 1.54) is 17.0 Å². The third-order valence-electron chi connectivity index (χ3n) is 5.20. The van der Waals surface area contributed by atoms with Gasteiger partial charge in [0.05, 0.1) is 0 Å². The Hall–Kier alpha value is -2.42. The number of thiol groups is 1. The van der Waals surface area contributed by atoms with Crippen molar-refractivity contribution < 1.29 is 24.2 Å². The van der Waals surface area contributed by atoms with Crippen LogP contribution in [0.3, 0.4) is 0 Å². The second-order valence-electron chi connectivity index (χ2n) is 11.1. The molecule has 3 N–H and O–H groups in total. The van der Waals surface area contributed by atoms with Crippen molar-refractivity contribution >= 4 is 30.5 Å². The van der Waals surface area contributed by atoms with Gasteiger partial charge in [-0.3, -0.25) is 9.59 Å². The third-order valence-corrected chi connectivity index (χ3v) is 5.57. The summed E-state index contributed by atoms with van der Waals surface area (Å²) >= 11 is 4.31. The number of nitrogens with one attached hydrogen (secondary N) is 2. The smallest absolute Gasteiger partial charge is 0.408 e. The van der Waals surface area contributed by atoms with Crippen molar-refractivity contribution in [2.24, 2.45) is 0 Å². The number of hydrogen-bond acceptors (Lipinski definition) is 6. The van der Waals surface area contributed by atoms with Crippen molar-refractivity contribution in [3.63, 3.8) is 0 Å². The molecule has 2 unspecified atom stereocenters. The molecule has 1 aromatic carbocycles. The summed E-state index contributed by atoms with van der Waals surface area (Å²) in [6.45, 7) is 13.2. The normalized spacial score (nSPS) is 13.4. The van der Waals surface area contributed by atoms with Gasteiger partial charge in [-0.2, -0.15) is 12.6 Å². The lowest BCUT2D eigenvalue weighted by Gasteiger charge is -2.36. The molecule has 0 radical (unpaired) electrons. The number of unbranched alkanes of at least 4 members (excludes halogenated alkanes) is 4. The lowest BCUT2D eigenvalue weighted by Crippen LogP contribution is -2.55. The highest BCUT2D eigenvalue weighted by atomic mass is 32.1. The lowest BCUT2D eigenvalue weighted by molar-refractivity contribution is -0.142. The molecular weight excluding hydrogens is 478 g/mol. The number of phenols is 1. The van der Waals surface area contributed by atoms with Crippen LogP contribution in [0.2, 0.25) is 0 Å². The Bertz CT molecular complexity index is 864. The van der Waals surface area contributed by atoms with E-state index in [2.05, 4.69) is 30.2 Å². The molecule has 9 heteroatoms. The summed E-state index contributed by atoms with van der Waals surface area (Å²) < 4.78 is 5.33. The van der Waals surface area contributed by atoms with Crippen molar-refractivity contribution in [1.29, 1.82) is 0 Å². The molecule has 8 nitrogen and oxygen atoms in total. The molecule has 0 bridgehead atoms. The summed E-state index contributed by atoms with van der Waals surface area (Å²) in [4.78, 5) is 41.3. The number of alkyl carbamates (subject to hydrolysis) is 1. The predicted molar refractivity (Wildman–Crippen MR) is 146 cm³/mol. The first kappa shape index (κ1) is 31.6. The minimum absolute atomic E-state index is 0.00553. The monoisotopic (exact) mass is 523 g/mol. The van der Waals surface area contributed by atoms with Crippen LogP contribution in [0.1, 0.15) is 92.2 Å². The van der Waals surface area contributed by atoms with Crippen LogP contribution in [0.25, 0.3) is 0 Å². The molecular formula is C27H45N3O5S. The number of phenolic OH excluding ortho intramolecular Hbond substituents is 1. The van der Waals surface area contributed by atoms with Crippen LogP contribution in [-0.2, 0) is 14.3 Å². The summed E-state index contributed by atoms with van der Waals surface area (Å²) in [5.41, 5.74) is -0.794. The van der Waals surface area contributed by atoms with Gasteiger partial charge in [0.15, 0.2) is 0 Å². The molecule has 0 aliphatic rings. The van der Waals surface area contributed by atoms with Gasteiger partial charge in [-0.1, -0.05) is 44.7 Å². The van der Waals surface area contributed by atoms with Gasteiger partial charge in [0, 0.05) is 17.8 Å². The summed E-state index contributed by atoms with van der Waals surface area (Å²) in [6, 6.07) is 4.35. The van der Waals surface area contributed by atoms with Crippen LogP contribution in [0.5, 0.6) is 5.75 Å². The van der Waals surface area contributed by atoms with E-state index >= 15 is 0 Å². The molecule has 0 spiro atoms. The first-order chi connectivity index (χ1) is 16.7. The molecule has 1 aromatic rings. The first-order valence-electron chi connectivity index (χ1n) is 12.7. The first-order valence-corrected chi connectivity index (χ1v) is 13.3. The summed E-state index contributed by atoms with van der Waals surface area (Å²) in [6.07, 6.45) is 4.06. The molecule has 0 fully saturated rings. The lowest BCUT2D eigenvalue weighted by atomic mass is 10.00. The largest absolute Gasteiger partial charge is 0.508 e. The van der Waals surface area contributed by atoms with E-state index in [0.717, 1.165) is 25.7 Å². The summed E-state index contributed by atoms with van der Waals surface area (Å²) in [7, 11) is 0. The summed E-state index contributed by atoms with van der Waals surface area (Å²) in [5, 5.41) is 15.7. The zero-order valence-corrected chi connectivity index (χ0v) is 23.8. The highest BCUT2D eigenvalue weighted by Crippen LogP contribution is 2.27. The van der Waals surface area contributed by atoms with E-state index < -0.39 is 35.2 Å². The molecule has 0 aliphatic carbocycles. The van der Waals surface area contributed by atoms with Gasteiger partial charge in [-0.25, -0.2) is 4.79 Å². The average Bonchev–Trinajstić information content (AvgIpc) is 2.73. The highest BCUT2D eigenvalue weighted by molar-refractivity contribution is 7.80. The highest BCUT2D eigenvalue weighted by Gasteiger charge is 2.36. The van der Waals surface area contributed by atoms with Gasteiger partial charge >= 0.3 is 6.09 Å². The fourth-order valence-electron chi connectivity index (χ4n) is 3.69. The Morgan fingerprint density at radius 3 is 2.22 bits per heavy atom. The summed E-state index contributed by atoms with van der Waals surface area (Å²) in [5.74, 6) is -0.791. The van der Waals surface area contributed by atoms with Crippen LogP contribution in [0, 0.1) is 0 Å². The number of ether oxygens (including phenoxy) is 1. The van der Waals surface area contributed by atoms with Crippen molar-refractivity contribution in [3.8, 4) is 5.75 Å². The fourth-order valence-corrected chi connectivity index (χ4v) is 3.94. The second-order valence-corrected chi connectivity index (χ2v) is 11.4. The standard InChI is InChI=1S/C27H45N3O5S/c1-8-9-10-11-12-16-30(24(33)21(18-36)28-25(34)35-27(5,6)7)22(23(32)29-26(2,3)4)19-14-13-15-20(31)17-19/h13-15,17,21-22,31,36H,8-12,16,18H2,1-7H3,(H,28,34)(H,29,32). The van der Waals surface area contributed by atoms with Gasteiger partial charge in [-0.05, 0) is 65.7 Å². The molecule has 2 atom stereocenters. The number of hydrogen-bond donors (Lipinski definition) is 4. The van der Waals surface area contributed by atoms with E-state index in [1.807, 2.05) is 20.8 Å². The average molecular weight is 524 g/mol. The molecule has 0 heterocycles. The molecule has 0 aliphatic heterocycles. The van der Waals surface area contributed by atoms with Gasteiger partial charge in [-0.15, -0.1) is 0 Å². The maximum atomic E-state index is 13.8. The van der Waals surface area contributed by atoms with Gasteiger partial charge in [0.25, 0.3) is 0 Å². The molecule has 3 amide bonds. The quantitative estimate of drug-likeness (QED) is 0.229. The van der Waals surface area contributed by atoms with E-state index in [-0.39, 0.29) is 17.4 Å². The zero-order valence-electron chi connectivity index (χ0n) is 22.9. The molecule has 204 valence electrons. The fraction of sp³-hybridized carbons (Fsp3) is 0.667. The van der Waals surface area contributed by atoms with E-state index in [4.69, 9.17) is 4.74 Å². The second kappa shape index (κ2) is 14.4. The number of rotatable bonds is 12. The van der Waals surface area contributed by atoms with Crippen LogP contribution >= 0.6 is 12.6 Å². The maximum absolute atomic E-state index is 13.8. The van der Waals surface area contributed by atoms with Gasteiger partial charge in [0.1, 0.15) is 23.4 Å². The van der Waals surface area contributed by atoms with Crippen molar-refractivity contribution in [2.45, 2.75) is 104 Å². The Balaban J connectivity index is 3.39. The number of benzene rings is 1. The van der Waals surface area contributed by atoms with E-state index in [0.29, 0.717) is 18.5 Å². The van der Waals surface area contributed by atoms with Crippen LogP contribution < -0.4 is 10.6 Å². The topological polar surface area (TPSA) is 108 Å². The molecule has 0 saturated carbocycles. The minimum atomic E-state index is -1.00. The van der Waals surface area contributed by atoms with E-state index in [1.54, 1.807) is 32.9 Å². The zero-order chi connectivity index (χ0) is 27.5. The third kappa shape index (κ3) is 11.5. The molecule has 0 aromatic heterocycles. The van der Waals surface area contributed by atoms with Crippen molar-refractivity contribution in [3.05, 3.63) is 29.8 Å². The molecule has 36 heavy (non-hydrogen) atoms. The predicted octanol–water partition coefficient (Wildman–Crippen LogP) is 4.97. The van der Waals surface area contributed by atoms with Crippen LogP contribution in [0.4, 0.5) is 4.79 Å². The molecule has 0 saturated heterocycles. The Kier molecular flexibility index (Phi) is 12.6. The Morgan fingerprint density at radius 1 is 1.06 bits per heavy atom. The maximum Gasteiger partial charge on any atom is 0.408 e. The van der Waals surface area contributed by atoms with Gasteiger partial charge in [0.2, 0.25) is 11.8 Å². The number of aromatic hydroxyl groups is 1. The minimum Gasteiger partial charge on any atom is -0.508 e. The van der Waals surface area contributed by atoms with Gasteiger partial charge < -0.3 is 25.4 Å².